The molecule has 6 nitrogen and oxygen atoms in total. The lowest BCUT2D eigenvalue weighted by atomic mass is 9.99. The Balaban J connectivity index is 4.25. The minimum Gasteiger partial charge on any atom is -0.462 e. The first kappa shape index (κ1) is 57.4. The SMILES string of the molecule is CCCCCCCCCCCC(=O)OC[C@H](COC(=O)CCCCCCCCCCCCCCCCC(C)CC)OC(=O)CCCCCCCCCCCCC(C)CC. The third kappa shape index (κ3) is 44.3. The standard InChI is InChI=1S/C53H102O6/c1-6-9-10-11-12-21-28-33-38-43-51(54)57-46-50(59-53(56)45-40-35-30-25-20-19-23-27-32-37-42-49(5)8-3)47-58-52(55)44-39-34-29-24-18-16-14-13-15-17-22-26-31-36-41-48(4)7-2/h48-50H,6-47H2,1-5H3/t48?,49?,50-/m1/s1. The van der Waals surface area contributed by atoms with Gasteiger partial charge in [0.15, 0.2) is 6.10 Å². The van der Waals surface area contributed by atoms with Gasteiger partial charge in [-0.3, -0.25) is 14.4 Å². The van der Waals surface area contributed by atoms with Gasteiger partial charge in [0.2, 0.25) is 0 Å². The Morgan fingerprint density at radius 3 is 0.881 bits per heavy atom. The molecule has 0 spiro atoms. The summed E-state index contributed by atoms with van der Waals surface area (Å²) in [5.41, 5.74) is 0. The van der Waals surface area contributed by atoms with Crippen molar-refractivity contribution < 1.29 is 28.6 Å². The third-order valence-corrected chi connectivity index (χ3v) is 12.7. The van der Waals surface area contributed by atoms with Crippen molar-refractivity contribution in [2.75, 3.05) is 13.2 Å². The molecule has 0 amide bonds. The van der Waals surface area contributed by atoms with Crippen LogP contribution in [-0.4, -0.2) is 37.2 Å². The number of carbonyl (C=O) groups is 3. The van der Waals surface area contributed by atoms with Crippen LogP contribution in [0.3, 0.4) is 0 Å². The summed E-state index contributed by atoms with van der Waals surface area (Å²) in [5.74, 6) is 0.913. The molecule has 0 aromatic carbocycles. The zero-order chi connectivity index (χ0) is 43.3. The van der Waals surface area contributed by atoms with Gasteiger partial charge in [0.05, 0.1) is 0 Å². The number of ether oxygens (including phenoxy) is 3. The zero-order valence-corrected chi connectivity index (χ0v) is 40.4. The van der Waals surface area contributed by atoms with Gasteiger partial charge in [-0.25, -0.2) is 0 Å². The van der Waals surface area contributed by atoms with Crippen molar-refractivity contribution in [3.63, 3.8) is 0 Å². The lowest BCUT2D eigenvalue weighted by Gasteiger charge is -2.18. The molecule has 0 bridgehead atoms. The van der Waals surface area contributed by atoms with E-state index in [1.54, 1.807) is 0 Å². The molecule has 0 fully saturated rings. The van der Waals surface area contributed by atoms with Gasteiger partial charge in [-0.15, -0.1) is 0 Å². The predicted molar refractivity (Wildman–Crippen MR) is 252 cm³/mol. The molecule has 0 aromatic heterocycles. The molecule has 59 heavy (non-hydrogen) atoms. The van der Waals surface area contributed by atoms with E-state index in [9.17, 15) is 14.4 Å². The highest BCUT2D eigenvalue weighted by atomic mass is 16.6. The summed E-state index contributed by atoms with van der Waals surface area (Å²) < 4.78 is 16.8. The molecule has 0 saturated carbocycles. The van der Waals surface area contributed by atoms with E-state index in [0.717, 1.165) is 69.6 Å². The molecule has 0 heterocycles. The summed E-state index contributed by atoms with van der Waals surface area (Å²) >= 11 is 0. The average molecular weight is 835 g/mol. The molecule has 0 aliphatic rings. The maximum absolute atomic E-state index is 12.8. The van der Waals surface area contributed by atoms with Crippen molar-refractivity contribution in [3.05, 3.63) is 0 Å². The number of unbranched alkanes of at least 4 members (excludes halogenated alkanes) is 30. The van der Waals surface area contributed by atoms with E-state index in [1.165, 1.54) is 180 Å². The number of carbonyl (C=O) groups excluding carboxylic acids is 3. The summed E-state index contributed by atoms with van der Waals surface area (Å²) in [4.78, 5) is 37.9. The van der Waals surface area contributed by atoms with E-state index in [-0.39, 0.29) is 31.1 Å². The first-order valence-electron chi connectivity index (χ1n) is 26.3. The number of hydrogen-bond acceptors (Lipinski definition) is 6. The lowest BCUT2D eigenvalue weighted by molar-refractivity contribution is -0.167. The van der Waals surface area contributed by atoms with Crippen LogP contribution in [0.15, 0.2) is 0 Å². The molecule has 0 radical (unpaired) electrons. The minimum absolute atomic E-state index is 0.0637. The maximum atomic E-state index is 12.8. The molecule has 0 rings (SSSR count). The first-order valence-corrected chi connectivity index (χ1v) is 26.3. The van der Waals surface area contributed by atoms with Crippen molar-refractivity contribution in [1.82, 2.24) is 0 Å². The van der Waals surface area contributed by atoms with Crippen LogP contribution < -0.4 is 0 Å². The Morgan fingerprint density at radius 2 is 0.593 bits per heavy atom. The Hall–Kier alpha value is -1.59. The monoisotopic (exact) mass is 835 g/mol. The lowest BCUT2D eigenvalue weighted by Crippen LogP contribution is -2.30. The van der Waals surface area contributed by atoms with E-state index < -0.39 is 6.10 Å². The Bertz CT molecular complexity index is 904. The van der Waals surface area contributed by atoms with Crippen LogP contribution in [0.5, 0.6) is 0 Å². The topological polar surface area (TPSA) is 78.9 Å². The minimum atomic E-state index is -0.761. The van der Waals surface area contributed by atoms with Crippen molar-refractivity contribution in [3.8, 4) is 0 Å². The molecule has 0 N–H and O–H groups in total. The first-order chi connectivity index (χ1) is 28.8. The van der Waals surface area contributed by atoms with Gasteiger partial charge in [0.1, 0.15) is 13.2 Å². The quantitative estimate of drug-likeness (QED) is 0.0345. The maximum Gasteiger partial charge on any atom is 0.306 e. The summed E-state index contributed by atoms with van der Waals surface area (Å²) in [6.45, 7) is 11.4. The van der Waals surface area contributed by atoms with Gasteiger partial charge in [-0.05, 0) is 31.1 Å². The highest BCUT2D eigenvalue weighted by Crippen LogP contribution is 2.18. The Morgan fingerprint density at radius 1 is 0.339 bits per heavy atom. The molecule has 0 saturated heterocycles. The van der Waals surface area contributed by atoms with E-state index in [4.69, 9.17) is 14.2 Å². The molecule has 0 aliphatic heterocycles. The number of esters is 3. The normalized spacial score (nSPS) is 13.0. The molecule has 350 valence electrons. The van der Waals surface area contributed by atoms with Crippen LogP contribution in [-0.2, 0) is 28.6 Å². The fourth-order valence-electron chi connectivity index (χ4n) is 7.93. The second-order valence-electron chi connectivity index (χ2n) is 18.6. The highest BCUT2D eigenvalue weighted by molar-refractivity contribution is 5.71. The summed E-state index contributed by atoms with van der Waals surface area (Å²) in [5, 5.41) is 0. The molecule has 0 aliphatic carbocycles. The van der Waals surface area contributed by atoms with Crippen molar-refractivity contribution >= 4 is 17.9 Å². The summed E-state index contributed by atoms with van der Waals surface area (Å²) in [7, 11) is 0. The largest absolute Gasteiger partial charge is 0.462 e. The van der Waals surface area contributed by atoms with Gasteiger partial charge in [-0.1, -0.05) is 253 Å². The average Bonchev–Trinajstić information content (AvgIpc) is 3.23. The van der Waals surface area contributed by atoms with Crippen molar-refractivity contribution in [2.45, 2.75) is 298 Å². The second kappa shape index (κ2) is 45.9. The van der Waals surface area contributed by atoms with E-state index in [0.29, 0.717) is 19.3 Å². The zero-order valence-electron chi connectivity index (χ0n) is 40.4. The van der Waals surface area contributed by atoms with Gasteiger partial charge < -0.3 is 14.2 Å². The van der Waals surface area contributed by atoms with Gasteiger partial charge in [-0.2, -0.15) is 0 Å². The van der Waals surface area contributed by atoms with Crippen LogP contribution in [0, 0.1) is 11.8 Å². The van der Waals surface area contributed by atoms with Crippen LogP contribution in [0.4, 0.5) is 0 Å². The Labute approximate surface area is 368 Å². The van der Waals surface area contributed by atoms with E-state index in [1.807, 2.05) is 0 Å². The van der Waals surface area contributed by atoms with Crippen LogP contribution in [0.1, 0.15) is 291 Å². The summed E-state index contributed by atoms with van der Waals surface area (Å²) in [6, 6.07) is 0. The van der Waals surface area contributed by atoms with Crippen LogP contribution in [0.25, 0.3) is 0 Å². The molecular formula is C53H102O6. The molecule has 0 aromatic rings. The van der Waals surface area contributed by atoms with E-state index >= 15 is 0 Å². The van der Waals surface area contributed by atoms with Gasteiger partial charge in [0.25, 0.3) is 0 Å². The molecule has 2 unspecified atom stereocenters. The van der Waals surface area contributed by atoms with Crippen LogP contribution >= 0.6 is 0 Å². The second-order valence-corrected chi connectivity index (χ2v) is 18.6. The molecule has 3 atom stereocenters. The Kier molecular flexibility index (Phi) is 44.7. The summed E-state index contributed by atoms with van der Waals surface area (Å²) in [6.07, 6.45) is 46.5. The fraction of sp³-hybridized carbons (Fsp3) is 0.943. The smallest absolute Gasteiger partial charge is 0.306 e. The van der Waals surface area contributed by atoms with E-state index in [2.05, 4.69) is 34.6 Å². The fourth-order valence-corrected chi connectivity index (χ4v) is 7.93. The highest BCUT2D eigenvalue weighted by Gasteiger charge is 2.19. The number of rotatable bonds is 47. The van der Waals surface area contributed by atoms with Crippen LogP contribution in [0.2, 0.25) is 0 Å². The molecular weight excluding hydrogens is 733 g/mol. The van der Waals surface area contributed by atoms with Gasteiger partial charge >= 0.3 is 17.9 Å². The van der Waals surface area contributed by atoms with Crippen molar-refractivity contribution in [1.29, 1.82) is 0 Å². The van der Waals surface area contributed by atoms with Crippen molar-refractivity contribution in [2.24, 2.45) is 11.8 Å². The third-order valence-electron chi connectivity index (χ3n) is 12.7. The van der Waals surface area contributed by atoms with Gasteiger partial charge in [0, 0.05) is 19.3 Å². The molecule has 6 heteroatoms. The number of hydrogen-bond donors (Lipinski definition) is 0. The predicted octanol–water partition coefficient (Wildman–Crippen LogP) is 16.9.